The van der Waals surface area contributed by atoms with E-state index in [4.69, 9.17) is 19.9 Å². The number of anilines is 1. The maximum atomic E-state index is 12.9. The monoisotopic (exact) mass is 385 g/mol. The molecule has 0 fully saturated rings. The van der Waals surface area contributed by atoms with Crippen LogP contribution >= 0.6 is 0 Å². The van der Waals surface area contributed by atoms with Gasteiger partial charge in [-0.1, -0.05) is 12.1 Å². The van der Waals surface area contributed by atoms with E-state index in [-0.39, 0.29) is 5.69 Å². The Balaban J connectivity index is 2.00. The minimum Gasteiger partial charge on any atom is -0.479 e. The molecule has 148 valence electrons. The second kappa shape index (κ2) is 6.66. The molecule has 8 nitrogen and oxygen atoms in total. The molecule has 0 saturated carbocycles. The van der Waals surface area contributed by atoms with Crippen LogP contribution in [0.3, 0.4) is 0 Å². The molecule has 0 radical (unpaired) electrons. The van der Waals surface area contributed by atoms with Crippen molar-refractivity contribution in [3.05, 3.63) is 58.5 Å². The number of hydrogen-bond donors (Lipinski definition) is 3. The number of aliphatic hydroxyl groups excluding tert-OH is 1. The van der Waals surface area contributed by atoms with E-state index in [1.54, 1.807) is 25.1 Å². The van der Waals surface area contributed by atoms with Crippen molar-refractivity contribution in [2.45, 2.75) is 31.0 Å². The number of fused-ring (bicyclic) bond motifs is 2. The highest BCUT2D eigenvalue weighted by Crippen LogP contribution is 2.45. The predicted octanol–water partition coefficient (Wildman–Crippen LogP) is 1.63. The number of aliphatic hydroxyl groups is 1. The van der Waals surface area contributed by atoms with Crippen molar-refractivity contribution >= 4 is 16.7 Å². The Bertz CT molecular complexity index is 1070. The summed E-state index contributed by atoms with van der Waals surface area (Å²) in [6.07, 6.45) is -2.03. The Morgan fingerprint density at radius 2 is 1.96 bits per heavy atom. The van der Waals surface area contributed by atoms with Gasteiger partial charge in [-0.05, 0) is 37.3 Å². The molecule has 0 saturated heterocycles. The third-order valence-electron chi connectivity index (χ3n) is 5.37. The number of aromatic amines is 1. The highest BCUT2D eigenvalue weighted by atomic mass is 16.7. The Morgan fingerprint density at radius 1 is 1.25 bits per heavy atom. The van der Waals surface area contributed by atoms with Gasteiger partial charge in [0.1, 0.15) is 11.9 Å². The van der Waals surface area contributed by atoms with E-state index >= 15 is 0 Å². The SMILES string of the molecule is COC(OC)[C@@]1(C)Oc2ccc(N)cc2[C@H](n2c(=O)[nH]c3ccccc32)[C@H]1O. The van der Waals surface area contributed by atoms with Gasteiger partial charge in [0, 0.05) is 25.5 Å². The van der Waals surface area contributed by atoms with Crippen LogP contribution in [0.2, 0.25) is 0 Å². The van der Waals surface area contributed by atoms with E-state index in [0.717, 1.165) is 0 Å². The second-order valence-electron chi connectivity index (χ2n) is 7.09. The van der Waals surface area contributed by atoms with E-state index in [2.05, 4.69) is 4.98 Å². The lowest BCUT2D eigenvalue weighted by molar-refractivity contribution is -0.238. The fourth-order valence-electron chi connectivity index (χ4n) is 4.05. The van der Waals surface area contributed by atoms with Gasteiger partial charge < -0.3 is 30.0 Å². The first-order valence-electron chi connectivity index (χ1n) is 8.92. The molecule has 2 aromatic carbocycles. The molecule has 4 rings (SSSR count). The topological polar surface area (TPSA) is 112 Å². The molecule has 1 aromatic heterocycles. The number of nitrogens with two attached hydrogens (primary N) is 1. The number of nitrogens with one attached hydrogen (secondary N) is 1. The molecule has 28 heavy (non-hydrogen) atoms. The summed E-state index contributed by atoms with van der Waals surface area (Å²) >= 11 is 0. The number of nitrogens with zero attached hydrogens (tertiary/aromatic N) is 1. The summed E-state index contributed by atoms with van der Waals surface area (Å²) in [5.41, 5.74) is 6.85. The summed E-state index contributed by atoms with van der Waals surface area (Å²) in [6.45, 7) is 1.70. The van der Waals surface area contributed by atoms with E-state index in [9.17, 15) is 9.90 Å². The molecule has 0 unspecified atom stereocenters. The molecule has 1 aliphatic rings. The number of rotatable bonds is 4. The average Bonchev–Trinajstić information content (AvgIpc) is 3.00. The van der Waals surface area contributed by atoms with E-state index in [0.29, 0.717) is 28.0 Å². The maximum Gasteiger partial charge on any atom is 0.327 e. The van der Waals surface area contributed by atoms with Crippen LogP contribution in [0.4, 0.5) is 5.69 Å². The molecule has 0 amide bonds. The van der Waals surface area contributed by atoms with Gasteiger partial charge in [0.05, 0.1) is 17.1 Å². The van der Waals surface area contributed by atoms with Crippen LogP contribution in [0.15, 0.2) is 47.3 Å². The number of imidazole rings is 1. The molecule has 0 aliphatic carbocycles. The van der Waals surface area contributed by atoms with Crippen molar-refractivity contribution in [3.8, 4) is 5.75 Å². The first-order chi connectivity index (χ1) is 13.4. The Morgan fingerprint density at radius 3 is 2.68 bits per heavy atom. The fourth-order valence-corrected chi connectivity index (χ4v) is 4.05. The third kappa shape index (κ3) is 2.61. The zero-order valence-electron chi connectivity index (χ0n) is 15.9. The third-order valence-corrected chi connectivity index (χ3v) is 5.37. The quantitative estimate of drug-likeness (QED) is 0.465. The summed E-state index contributed by atoms with van der Waals surface area (Å²) in [5, 5.41) is 11.4. The van der Waals surface area contributed by atoms with Gasteiger partial charge in [0.15, 0.2) is 11.9 Å². The summed E-state index contributed by atoms with van der Waals surface area (Å²) in [6, 6.07) is 11.7. The van der Waals surface area contributed by atoms with E-state index < -0.39 is 24.0 Å². The number of H-pyrrole nitrogens is 1. The van der Waals surface area contributed by atoms with Crippen molar-refractivity contribution in [2.24, 2.45) is 0 Å². The Labute approximate surface area is 161 Å². The first kappa shape index (κ1) is 18.5. The largest absolute Gasteiger partial charge is 0.479 e. The fraction of sp³-hybridized carbons (Fsp3) is 0.350. The van der Waals surface area contributed by atoms with Gasteiger partial charge >= 0.3 is 5.69 Å². The number of aromatic nitrogens is 2. The minimum atomic E-state index is -1.27. The first-order valence-corrected chi connectivity index (χ1v) is 8.92. The molecular weight excluding hydrogens is 362 g/mol. The molecule has 0 spiro atoms. The molecule has 1 aliphatic heterocycles. The zero-order chi connectivity index (χ0) is 20.1. The molecule has 8 heteroatoms. The van der Waals surface area contributed by atoms with Gasteiger partial charge in [-0.2, -0.15) is 0 Å². The number of para-hydroxylation sites is 2. The minimum absolute atomic E-state index is 0.339. The van der Waals surface area contributed by atoms with Crippen LogP contribution in [0.25, 0.3) is 11.0 Å². The molecule has 3 aromatic rings. The van der Waals surface area contributed by atoms with Crippen LogP contribution in [-0.4, -0.2) is 46.9 Å². The van der Waals surface area contributed by atoms with Crippen LogP contribution in [-0.2, 0) is 9.47 Å². The Kier molecular flexibility index (Phi) is 4.41. The Hall–Kier alpha value is -2.81. The summed E-state index contributed by atoms with van der Waals surface area (Å²) in [7, 11) is 2.95. The van der Waals surface area contributed by atoms with Crippen molar-refractivity contribution in [3.63, 3.8) is 0 Å². The molecular formula is C20H23N3O5. The second-order valence-corrected chi connectivity index (χ2v) is 7.09. The molecule has 0 bridgehead atoms. The van der Waals surface area contributed by atoms with Crippen molar-refractivity contribution in [1.29, 1.82) is 0 Å². The highest BCUT2D eigenvalue weighted by Gasteiger charge is 2.53. The lowest BCUT2D eigenvalue weighted by Crippen LogP contribution is -2.61. The van der Waals surface area contributed by atoms with Crippen molar-refractivity contribution in [2.75, 3.05) is 20.0 Å². The molecule has 2 heterocycles. The van der Waals surface area contributed by atoms with Crippen LogP contribution in [0.1, 0.15) is 18.5 Å². The number of nitrogen functional groups attached to an aromatic ring is 1. The summed E-state index contributed by atoms with van der Waals surface area (Å²) < 4.78 is 18.5. The zero-order valence-corrected chi connectivity index (χ0v) is 15.9. The van der Waals surface area contributed by atoms with Gasteiger partial charge in [-0.15, -0.1) is 0 Å². The van der Waals surface area contributed by atoms with Crippen molar-refractivity contribution < 1.29 is 19.3 Å². The number of ether oxygens (including phenoxy) is 3. The molecule has 4 N–H and O–H groups in total. The van der Waals surface area contributed by atoms with E-state index in [1.165, 1.54) is 18.8 Å². The lowest BCUT2D eigenvalue weighted by atomic mass is 9.84. The van der Waals surface area contributed by atoms with Gasteiger partial charge in [-0.3, -0.25) is 4.57 Å². The van der Waals surface area contributed by atoms with Crippen LogP contribution in [0, 0.1) is 0 Å². The number of methoxy groups -OCH3 is 2. The predicted molar refractivity (Wildman–Crippen MR) is 104 cm³/mol. The van der Waals surface area contributed by atoms with Gasteiger partial charge in [0.2, 0.25) is 0 Å². The van der Waals surface area contributed by atoms with E-state index in [1.807, 2.05) is 24.3 Å². The smallest absolute Gasteiger partial charge is 0.327 e. The standard InChI is InChI=1S/C20H23N3O5/c1-20(18(26-2)27-3)17(24)16(12-10-11(21)8-9-15(12)28-20)23-14-7-5-4-6-13(14)22-19(23)25/h4-10,16-18,24H,21H2,1-3H3,(H,22,25)/t16-,17+,20-/m0/s1. The highest BCUT2D eigenvalue weighted by molar-refractivity contribution is 5.75. The average molecular weight is 385 g/mol. The van der Waals surface area contributed by atoms with Gasteiger partial charge in [0.25, 0.3) is 0 Å². The summed E-state index contributed by atoms with van der Waals surface area (Å²) in [5.74, 6) is 0.503. The normalized spacial score (nSPS) is 24.3. The van der Waals surface area contributed by atoms with Gasteiger partial charge in [-0.25, -0.2) is 4.79 Å². The summed E-state index contributed by atoms with van der Waals surface area (Å²) in [4.78, 5) is 15.7. The number of benzene rings is 2. The maximum absolute atomic E-state index is 12.9. The van der Waals surface area contributed by atoms with Crippen molar-refractivity contribution in [1.82, 2.24) is 9.55 Å². The lowest BCUT2D eigenvalue weighted by Gasteiger charge is -2.46. The van der Waals surface area contributed by atoms with Crippen LogP contribution < -0.4 is 16.2 Å². The molecule has 3 atom stereocenters. The van der Waals surface area contributed by atoms with Crippen LogP contribution in [0.5, 0.6) is 5.75 Å². The number of hydrogen-bond acceptors (Lipinski definition) is 6.